The fraction of sp³-hybridized carbons (Fsp3) is 0.455. The third kappa shape index (κ3) is 2.63. The molecule has 15 heavy (non-hydrogen) atoms. The Hall–Kier alpha value is -0.740. The second-order valence-electron chi connectivity index (χ2n) is 3.25. The van der Waals surface area contributed by atoms with Crippen molar-refractivity contribution in [3.63, 3.8) is 0 Å². The van der Waals surface area contributed by atoms with Crippen molar-refractivity contribution in [3.05, 3.63) is 22.2 Å². The van der Waals surface area contributed by atoms with E-state index in [1.807, 2.05) is 19.1 Å². The smallest absolute Gasteiger partial charge is 0.137 e. The number of hydrogen-bond acceptors (Lipinski definition) is 3. The Bertz CT molecular complexity index is 316. The first-order chi connectivity index (χ1) is 7.13. The summed E-state index contributed by atoms with van der Waals surface area (Å²) < 4.78 is 11.3. The van der Waals surface area contributed by atoms with Gasteiger partial charge in [-0.25, -0.2) is 0 Å². The van der Waals surface area contributed by atoms with Crippen LogP contribution in [0.15, 0.2) is 16.6 Å². The number of methoxy groups -OCH3 is 2. The van der Waals surface area contributed by atoms with Crippen LogP contribution in [0.2, 0.25) is 0 Å². The normalized spacial score (nSPS) is 12.3. The fourth-order valence-corrected chi connectivity index (χ4v) is 1.89. The van der Waals surface area contributed by atoms with E-state index in [1.54, 1.807) is 14.2 Å². The van der Waals surface area contributed by atoms with Gasteiger partial charge in [-0.2, -0.15) is 0 Å². The Kier molecular flexibility index (Phi) is 4.42. The Morgan fingerprint density at radius 2 is 1.73 bits per heavy atom. The zero-order chi connectivity index (χ0) is 11.4. The summed E-state index contributed by atoms with van der Waals surface area (Å²) in [5, 5.41) is 0. The molecule has 0 amide bonds. The minimum atomic E-state index is 0.0147. The molecule has 0 unspecified atom stereocenters. The van der Waals surface area contributed by atoms with Crippen LogP contribution in [0.25, 0.3) is 0 Å². The molecule has 2 N–H and O–H groups in total. The first-order valence-corrected chi connectivity index (χ1v) is 5.60. The van der Waals surface area contributed by atoms with Crippen molar-refractivity contribution in [2.24, 2.45) is 5.73 Å². The molecular weight excluding hydrogens is 258 g/mol. The molecule has 1 rings (SSSR count). The van der Waals surface area contributed by atoms with Crippen molar-refractivity contribution in [1.29, 1.82) is 0 Å². The molecule has 0 saturated carbocycles. The molecule has 0 spiro atoms. The monoisotopic (exact) mass is 273 g/mol. The average Bonchev–Trinajstić information content (AvgIpc) is 2.28. The molecule has 1 aromatic carbocycles. The number of nitrogens with two attached hydrogens (primary N) is 1. The highest BCUT2D eigenvalue weighted by molar-refractivity contribution is 9.10. The molecular formula is C11H16BrNO2. The fourth-order valence-electron chi connectivity index (χ4n) is 1.34. The molecule has 1 atom stereocenters. The van der Waals surface area contributed by atoms with E-state index in [0.29, 0.717) is 0 Å². The molecule has 1 aromatic rings. The van der Waals surface area contributed by atoms with Gasteiger partial charge in [0, 0.05) is 6.04 Å². The maximum atomic E-state index is 5.97. The molecule has 0 aliphatic carbocycles. The second kappa shape index (κ2) is 5.37. The van der Waals surface area contributed by atoms with E-state index in [2.05, 4.69) is 15.9 Å². The topological polar surface area (TPSA) is 44.5 Å². The van der Waals surface area contributed by atoms with Crippen molar-refractivity contribution >= 4 is 15.9 Å². The summed E-state index contributed by atoms with van der Waals surface area (Å²) in [5.74, 6) is 1.49. The lowest BCUT2D eigenvalue weighted by Gasteiger charge is -2.14. The number of rotatable bonds is 4. The van der Waals surface area contributed by atoms with Gasteiger partial charge >= 0.3 is 0 Å². The van der Waals surface area contributed by atoms with E-state index in [9.17, 15) is 0 Å². The van der Waals surface area contributed by atoms with Gasteiger partial charge in [-0.15, -0.1) is 0 Å². The zero-order valence-electron chi connectivity index (χ0n) is 9.21. The van der Waals surface area contributed by atoms with Crippen LogP contribution in [-0.2, 0) is 0 Å². The van der Waals surface area contributed by atoms with Gasteiger partial charge in [0.1, 0.15) is 16.0 Å². The first-order valence-electron chi connectivity index (χ1n) is 4.81. The number of hydrogen-bond donors (Lipinski definition) is 1. The van der Waals surface area contributed by atoms with E-state index < -0.39 is 0 Å². The number of halogens is 1. The summed E-state index contributed by atoms with van der Waals surface area (Å²) in [7, 11) is 3.25. The number of ether oxygens (including phenoxy) is 2. The van der Waals surface area contributed by atoms with Crippen molar-refractivity contribution < 1.29 is 9.47 Å². The van der Waals surface area contributed by atoms with Gasteiger partial charge in [-0.05, 0) is 40.0 Å². The van der Waals surface area contributed by atoms with Gasteiger partial charge in [0.05, 0.1) is 14.2 Å². The van der Waals surface area contributed by atoms with E-state index in [0.717, 1.165) is 28.0 Å². The molecule has 0 fully saturated rings. The summed E-state index contributed by atoms with van der Waals surface area (Å²) >= 11 is 3.42. The summed E-state index contributed by atoms with van der Waals surface area (Å²) in [4.78, 5) is 0. The molecule has 0 aliphatic heterocycles. The maximum Gasteiger partial charge on any atom is 0.137 e. The van der Waals surface area contributed by atoms with E-state index in [4.69, 9.17) is 15.2 Å². The van der Waals surface area contributed by atoms with Gasteiger partial charge < -0.3 is 15.2 Å². The molecule has 0 heterocycles. The highest BCUT2D eigenvalue weighted by atomic mass is 79.9. The van der Waals surface area contributed by atoms with Crippen LogP contribution in [0.3, 0.4) is 0 Å². The van der Waals surface area contributed by atoms with Crippen molar-refractivity contribution in [1.82, 2.24) is 0 Å². The molecule has 0 aromatic heterocycles. The van der Waals surface area contributed by atoms with Crippen LogP contribution < -0.4 is 15.2 Å². The van der Waals surface area contributed by atoms with E-state index in [-0.39, 0.29) is 6.04 Å². The Morgan fingerprint density at radius 1 is 1.27 bits per heavy atom. The van der Waals surface area contributed by atoms with Crippen LogP contribution in [0, 0.1) is 0 Å². The Labute approximate surface area is 98.7 Å². The van der Waals surface area contributed by atoms with Gasteiger partial charge in [0.25, 0.3) is 0 Å². The van der Waals surface area contributed by atoms with Gasteiger partial charge in [-0.1, -0.05) is 6.92 Å². The highest BCUT2D eigenvalue weighted by Crippen LogP contribution is 2.37. The SMILES string of the molecule is CC[C@@H](N)c1cc(OC)c(Br)c(OC)c1. The van der Waals surface area contributed by atoms with Crippen LogP contribution in [0.1, 0.15) is 24.9 Å². The summed E-state index contributed by atoms with van der Waals surface area (Å²) in [6, 6.07) is 3.88. The summed E-state index contributed by atoms with van der Waals surface area (Å²) in [6.45, 7) is 2.05. The molecule has 0 aliphatic rings. The second-order valence-corrected chi connectivity index (χ2v) is 4.05. The first kappa shape index (κ1) is 12.3. The number of benzene rings is 1. The van der Waals surface area contributed by atoms with Crippen molar-refractivity contribution in [2.75, 3.05) is 14.2 Å². The average molecular weight is 274 g/mol. The lowest BCUT2D eigenvalue weighted by molar-refractivity contribution is 0.387. The molecule has 84 valence electrons. The maximum absolute atomic E-state index is 5.97. The van der Waals surface area contributed by atoms with Crippen LogP contribution in [0.4, 0.5) is 0 Å². The lowest BCUT2D eigenvalue weighted by atomic mass is 10.0. The van der Waals surface area contributed by atoms with Crippen LogP contribution in [0.5, 0.6) is 11.5 Å². The molecule has 0 bridgehead atoms. The molecule has 0 radical (unpaired) electrons. The van der Waals surface area contributed by atoms with Crippen molar-refractivity contribution in [2.45, 2.75) is 19.4 Å². The van der Waals surface area contributed by atoms with Gasteiger partial charge in [0.15, 0.2) is 0 Å². The zero-order valence-corrected chi connectivity index (χ0v) is 10.8. The predicted molar refractivity (Wildman–Crippen MR) is 64.5 cm³/mol. The Morgan fingerprint density at radius 3 is 2.07 bits per heavy atom. The summed E-state index contributed by atoms with van der Waals surface area (Å²) in [5.41, 5.74) is 6.99. The van der Waals surface area contributed by atoms with Gasteiger partial charge in [-0.3, -0.25) is 0 Å². The minimum Gasteiger partial charge on any atom is -0.495 e. The third-order valence-corrected chi connectivity index (χ3v) is 3.12. The largest absolute Gasteiger partial charge is 0.495 e. The lowest BCUT2D eigenvalue weighted by Crippen LogP contribution is -2.09. The molecule has 0 saturated heterocycles. The Balaban J connectivity index is 3.20. The van der Waals surface area contributed by atoms with E-state index >= 15 is 0 Å². The van der Waals surface area contributed by atoms with Gasteiger partial charge in [0.2, 0.25) is 0 Å². The van der Waals surface area contributed by atoms with Crippen LogP contribution in [-0.4, -0.2) is 14.2 Å². The highest BCUT2D eigenvalue weighted by Gasteiger charge is 2.12. The molecule has 3 nitrogen and oxygen atoms in total. The molecule has 4 heteroatoms. The van der Waals surface area contributed by atoms with E-state index in [1.165, 1.54) is 0 Å². The standard InChI is InChI=1S/C11H16BrNO2/c1-4-8(13)7-5-9(14-2)11(12)10(6-7)15-3/h5-6,8H,4,13H2,1-3H3/t8-/m1/s1. The third-order valence-electron chi connectivity index (χ3n) is 2.34. The summed E-state index contributed by atoms with van der Waals surface area (Å²) in [6.07, 6.45) is 0.883. The minimum absolute atomic E-state index is 0.0147. The predicted octanol–water partition coefficient (Wildman–Crippen LogP) is 2.88. The van der Waals surface area contributed by atoms with Crippen molar-refractivity contribution in [3.8, 4) is 11.5 Å². The quantitative estimate of drug-likeness (QED) is 0.918. The van der Waals surface area contributed by atoms with Crippen LogP contribution >= 0.6 is 15.9 Å².